The molecule has 1 saturated heterocycles. The van der Waals surface area contributed by atoms with Crippen molar-refractivity contribution in [2.45, 2.75) is 38.3 Å². The van der Waals surface area contributed by atoms with Crippen molar-refractivity contribution >= 4 is 15.9 Å². The second-order valence-corrected chi connectivity index (χ2v) is 7.12. The molecule has 2 N–H and O–H groups in total. The highest BCUT2D eigenvalue weighted by Crippen LogP contribution is 2.29. The predicted molar refractivity (Wildman–Crippen MR) is 93.4 cm³/mol. The minimum atomic E-state index is 0.145. The zero-order valence-corrected chi connectivity index (χ0v) is 14.9. The van der Waals surface area contributed by atoms with Crippen molar-refractivity contribution in [1.29, 1.82) is 0 Å². The van der Waals surface area contributed by atoms with Crippen molar-refractivity contribution in [2.24, 2.45) is 5.73 Å². The average molecular weight is 354 g/mol. The van der Waals surface area contributed by atoms with Gasteiger partial charge in [0.05, 0.1) is 0 Å². The first-order valence-electron chi connectivity index (χ1n) is 7.98. The van der Waals surface area contributed by atoms with E-state index in [0.29, 0.717) is 0 Å². The van der Waals surface area contributed by atoms with E-state index in [1.54, 1.807) is 0 Å². The highest BCUT2D eigenvalue weighted by Gasteiger charge is 2.34. The van der Waals surface area contributed by atoms with Crippen molar-refractivity contribution in [3.63, 3.8) is 0 Å². The summed E-state index contributed by atoms with van der Waals surface area (Å²) in [5, 5.41) is 0. The Morgan fingerprint density at radius 1 is 1.33 bits per heavy atom. The Kier molecular flexibility index (Phi) is 6.23. The lowest BCUT2D eigenvalue weighted by Crippen LogP contribution is -2.52. The molecule has 1 aliphatic rings. The molecule has 0 aromatic heterocycles. The van der Waals surface area contributed by atoms with Gasteiger partial charge in [-0.15, -0.1) is 0 Å². The van der Waals surface area contributed by atoms with Crippen LogP contribution in [0, 0.1) is 0 Å². The van der Waals surface area contributed by atoms with Gasteiger partial charge >= 0.3 is 0 Å². The number of hydrogen-bond donors (Lipinski definition) is 1. The second-order valence-electron chi connectivity index (χ2n) is 6.20. The lowest BCUT2D eigenvalue weighted by Gasteiger charge is -2.41. The van der Waals surface area contributed by atoms with Crippen LogP contribution in [0.3, 0.4) is 0 Å². The van der Waals surface area contributed by atoms with E-state index in [0.717, 1.165) is 30.7 Å². The van der Waals surface area contributed by atoms with Crippen molar-refractivity contribution < 1.29 is 0 Å². The number of likely N-dealkylation sites (tertiary alicyclic amines) is 1. The summed E-state index contributed by atoms with van der Waals surface area (Å²) in [6, 6.07) is 8.58. The van der Waals surface area contributed by atoms with E-state index in [1.165, 1.54) is 31.4 Å². The summed E-state index contributed by atoms with van der Waals surface area (Å²) in [6.07, 6.45) is 3.61. The molecule has 1 heterocycles. The van der Waals surface area contributed by atoms with Crippen LogP contribution in [0.15, 0.2) is 28.7 Å². The summed E-state index contributed by atoms with van der Waals surface area (Å²) in [7, 11) is 2.23. The Labute approximate surface area is 137 Å². The van der Waals surface area contributed by atoms with Crippen LogP contribution in [0.25, 0.3) is 0 Å². The van der Waals surface area contributed by atoms with E-state index in [2.05, 4.69) is 64.0 Å². The van der Waals surface area contributed by atoms with E-state index < -0.39 is 0 Å². The summed E-state index contributed by atoms with van der Waals surface area (Å²) in [5.41, 5.74) is 7.70. The van der Waals surface area contributed by atoms with E-state index in [1.807, 2.05) is 0 Å². The third kappa shape index (κ3) is 4.28. The zero-order valence-electron chi connectivity index (χ0n) is 13.3. The van der Waals surface area contributed by atoms with Crippen LogP contribution in [-0.2, 0) is 6.54 Å². The summed E-state index contributed by atoms with van der Waals surface area (Å²) < 4.78 is 1.15. The molecule has 1 unspecified atom stereocenters. The van der Waals surface area contributed by atoms with Crippen LogP contribution < -0.4 is 5.73 Å². The molecule has 3 nitrogen and oxygen atoms in total. The fourth-order valence-electron chi connectivity index (χ4n) is 3.37. The van der Waals surface area contributed by atoms with Crippen LogP contribution in [0.5, 0.6) is 0 Å². The number of benzene rings is 1. The molecule has 21 heavy (non-hydrogen) atoms. The third-order valence-electron chi connectivity index (χ3n) is 4.96. The molecule has 0 aliphatic carbocycles. The summed E-state index contributed by atoms with van der Waals surface area (Å²) in [6.45, 7) is 7.48. The summed E-state index contributed by atoms with van der Waals surface area (Å²) in [5.74, 6) is 0. The molecule has 1 fully saturated rings. The normalized spacial score (nSPS) is 24.2. The van der Waals surface area contributed by atoms with Crippen molar-refractivity contribution in [2.75, 3.05) is 33.2 Å². The van der Waals surface area contributed by atoms with Gasteiger partial charge in [0.1, 0.15) is 0 Å². The van der Waals surface area contributed by atoms with E-state index in [-0.39, 0.29) is 5.54 Å². The molecule has 0 bridgehead atoms. The van der Waals surface area contributed by atoms with Crippen molar-refractivity contribution in [3.05, 3.63) is 34.3 Å². The predicted octanol–water partition coefficient (Wildman–Crippen LogP) is 3.08. The summed E-state index contributed by atoms with van der Waals surface area (Å²) >= 11 is 3.56. The lowest BCUT2D eigenvalue weighted by atomic mass is 9.88. The van der Waals surface area contributed by atoms with Crippen LogP contribution in [-0.4, -0.2) is 48.6 Å². The highest BCUT2D eigenvalue weighted by atomic mass is 79.9. The van der Waals surface area contributed by atoms with Gasteiger partial charge in [-0.25, -0.2) is 0 Å². The topological polar surface area (TPSA) is 32.5 Å². The molecular formula is C17H28BrN3. The van der Waals surface area contributed by atoms with Gasteiger partial charge in [0.2, 0.25) is 0 Å². The van der Waals surface area contributed by atoms with Gasteiger partial charge in [-0.1, -0.05) is 35.0 Å². The van der Waals surface area contributed by atoms with Crippen LogP contribution >= 0.6 is 15.9 Å². The molecule has 118 valence electrons. The smallest absolute Gasteiger partial charge is 0.0344 e. The van der Waals surface area contributed by atoms with Crippen molar-refractivity contribution in [1.82, 2.24) is 9.80 Å². The first kappa shape index (κ1) is 16.9. The molecule has 4 heteroatoms. The maximum atomic E-state index is 6.21. The molecular weight excluding hydrogens is 326 g/mol. The average Bonchev–Trinajstić information content (AvgIpc) is 2.70. The maximum Gasteiger partial charge on any atom is 0.0344 e. The van der Waals surface area contributed by atoms with Gasteiger partial charge < -0.3 is 10.6 Å². The number of nitrogens with two attached hydrogens (primary N) is 1. The third-order valence-corrected chi connectivity index (χ3v) is 5.45. The van der Waals surface area contributed by atoms with Gasteiger partial charge in [-0.2, -0.15) is 0 Å². The molecule has 0 saturated carbocycles. The number of likely N-dealkylation sites (N-methyl/N-ethyl adjacent to an activating group) is 1. The molecule has 0 radical (unpaired) electrons. The monoisotopic (exact) mass is 353 g/mol. The minimum Gasteiger partial charge on any atom is -0.329 e. The number of rotatable bonds is 5. The van der Waals surface area contributed by atoms with Gasteiger partial charge in [0.15, 0.2) is 0 Å². The van der Waals surface area contributed by atoms with Crippen LogP contribution in [0.1, 0.15) is 31.7 Å². The van der Waals surface area contributed by atoms with Gasteiger partial charge in [-0.05, 0) is 63.6 Å². The van der Waals surface area contributed by atoms with Crippen molar-refractivity contribution in [3.8, 4) is 0 Å². The van der Waals surface area contributed by atoms with E-state index in [4.69, 9.17) is 5.73 Å². The molecule has 1 aromatic rings. The Bertz CT molecular complexity index is 451. The standard InChI is InChI=1S/C17H28BrN3/c1-3-21-10-5-8-17(14-19,9-11-21)20(2)13-15-6-4-7-16(18)12-15/h4,6-7,12H,3,5,8-11,13-14,19H2,1-2H3. The Balaban J connectivity index is 2.08. The molecule has 1 aromatic carbocycles. The first-order chi connectivity index (χ1) is 10.1. The van der Waals surface area contributed by atoms with E-state index in [9.17, 15) is 0 Å². The molecule has 0 spiro atoms. The fourth-order valence-corrected chi connectivity index (χ4v) is 3.82. The molecule has 1 aliphatic heterocycles. The molecule has 2 rings (SSSR count). The fraction of sp³-hybridized carbons (Fsp3) is 0.647. The quantitative estimate of drug-likeness (QED) is 0.882. The number of hydrogen-bond acceptors (Lipinski definition) is 3. The first-order valence-corrected chi connectivity index (χ1v) is 8.77. The maximum absolute atomic E-state index is 6.21. The molecule has 1 atom stereocenters. The lowest BCUT2D eigenvalue weighted by molar-refractivity contribution is 0.0994. The number of halogens is 1. The minimum absolute atomic E-state index is 0.145. The second kappa shape index (κ2) is 7.73. The van der Waals surface area contributed by atoms with E-state index >= 15 is 0 Å². The van der Waals surface area contributed by atoms with Crippen LogP contribution in [0.4, 0.5) is 0 Å². The Morgan fingerprint density at radius 3 is 2.81 bits per heavy atom. The Hall–Kier alpha value is -0.420. The molecule has 0 amide bonds. The Morgan fingerprint density at radius 2 is 2.14 bits per heavy atom. The van der Waals surface area contributed by atoms with Crippen LogP contribution in [0.2, 0.25) is 0 Å². The SMILES string of the molecule is CCN1CCCC(CN)(N(C)Cc2cccc(Br)c2)CC1. The highest BCUT2D eigenvalue weighted by molar-refractivity contribution is 9.10. The summed E-state index contributed by atoms with van der Waals surface area (Å²) in [4.78, 5) is 5.03. The van der Waals surface area contributed by atoms with Gasteiger partial charge in [0.25, 0.3) is 0 Å². The largest absolute Gasteiger partial charge is 0.329 e. The zero-order chi connectivity index (χ0) is 15.3. The van der Waals surface area contributed by atoms with Gasteiger partial charge in [0, 0.05) is 23.1 Å². The van der Waals surface area contributed by atoms with Gasteiger partial charge in [-0.3, -0.25) is 4.90 Å². The number of nitrogens with zero attached hydrogens (tertiary/aromatic N) is 2.